The molecule has 0 aliphatic carbocycles. The van der Waals surface area contributed by atoms with Crippen LogP contribution in [-0.4, -0.2) is 24.3 Å². The topological polar surface area (TPSA) is 34.6 Å². The summed E-state index contributed by atoms with van der Waals surface area (Å²) in [5.74, 6) is 0.826. The van der Waals surface area contributed by atoms with Crippen molar-refractivity contribution in [2.75, 3.05) is 13.2 Å². The molecule has 0 spiro atoms. The number of halogens is 2. The molecule has 3 nitrogen and oxygen atoms in total. The van der Waals surface area contributed by atoms with E-state index in [1.54, 1.807) is 6.20 Å². The number of epoxide rings is 1. The molecule has 2 aromatic rings. The maximum absolute atomic E-state index is 5.80. The van der Waals surface area contributed by atoms with Crippen LogP contribution in [0.15, 0.2) is 33.3 Å². The van der Waals surface area contributed by atoms with Crippen LogP contribution in [0.5, 0.6) is 5.75 Å². The van der Waals surface area contributed by atoms with Crippen LogP contribution in [0, 0.1) is 0 Å². The van der Waals surface area contributed by atoms with Gasteiger partial charge in [0, 0.05) is 16.1 Å². The fourth-order valence-electron chi connectivity index (χ4n) is 1.64. The molecule has 0 unspecified atom stereocenters. The minimum atomic E-state index is 0.247. The lowest BCUT2D eigenvalue weighted by atomic mass is 10.2. The third kappa shape index (κ3) is 2.32. The molecule has 5 heteroatoms. The van der Waals surface area contributed by atoms with Crippen molar-refractivity contribution in [1.82, 2.24) is 4.98 Å². The summed E-state index contributed by atoms with van der Waals surface area (Å²) in [6.07, 6.45) is 2.02. The monoisotopic (exact) mass is 357 g/mol. The van der Waals surface area contributed by atoms with E-state index in [-0.39, 0.29) is 6.10 Å². The van der Waals surface area contributed by atoms with Gasteiger partial charge in [-0.15, -0.1) is 0 Å². The molecule has 1 aromatic heterocycles. The second-order valence-electron chi connectivity index (χ2n) is 3.84. The summed E-state index contributed by atoms with van der Waals surface area (Å²) >= 11 is 7.02. The van der Waals surface area contributed by atoms with Crippen molar-refractivity contribution >= 4 is 42.8 Å². The molecule has 0 amide bonds. The summed E-state index contributed by atoms with van der Waals surface area (Å²) in [7, 11) is 0. The Balaban J connectivity index is 2.07. The summed E-state index contributed by atoms with van der Waals surface area (Å²) in [4.78, 5) is 4.35. The van der Waals surface area contributed by atoms with Crippen molar-refractivity contribution in [3.63, 3.8) is 0 Å². The molecule has 88 valence electrons. The third-order valence-corrected chi connectivity index (χ3v) is 3.76. The predicted octanol–water partition coefficient (Wildman–Crippen LogP) is 3.54. The molecular weight excluding hydrogens is 350 g/mol. The van der Waals surface area contributed by atoms with Gasteiger partial charge in [0.25, 0.3) is 0 Å². The van der Waals surface area contributed by atoms with E-state index in [1.807, 2.05) is 18.2 Å². The van der Waals surface area contributed by atoms with E-state index in [0.29, 0.717) is 6.61 Å². The summed E-state index contributed by atoms with van der Waals surface area (Å²) in [5.41, 5.74) is 0.905. The number of hydrogen-bond donors (Lipinski definition) is 0. The summed E-state index contributed by atoms with van der Waals surface area (Å²) in [6.45, 7) is 1.38. The van der Waals surface area contributed by atoms with Crippen LogP contribution in [-0.2, 0) is 4.74 Å². The molecule has 0 N–H and O–H groups in total. The standard InChI is InChI=1S/C12H9Br2NO2/c13-9-4-10(14)12(17-6-7-5-16-7)8-2-1-3-15-11(8)9/h1-4,7H,5-6H2/t7-/m1/s1. The molecule has 0 bridgehead atoms. The van der Waals surface area contributed by atoms with Gasteiger partial charge in [0.05, 0.1) is 16.6 Å². The van der Waals surface area contributed by atoms with Crippen LogP contribution in [0.25, 0.3) is 10.9 Å². The second kappa shape index (κ2) is 4.55. The van der Waals surface area contributed by atoms with E-state index < -0.39 is 0 Å². The van der Waals surface area contributed by atoms with Gasteiger partial charge in [-0.25, -0.2) is 0 Å². The number of benzene rings is 1. The highest BCUT2D eigenvalue weighted by Gasteiger charge is 2.24. The molecule has 1 aliphatic rings. The van der Waals surface area contributed by atoms with Crippen LogP contribution in [0.4, 0.5) is 0 Å². The Kier molecular flexibility index (Phi) is 3.06. The van der Waals surface area contributed by atoms with E-state index >= 15 is 0 Å². The minimum Gasteiger partial charge on any atom is -0.489 e. The Bertz CT molecular complexity index is 570. The quantitative estimate of drug-likeness (QED) is 0.787. The van der Waals surface area contributed by atoms with Crippen molar-refractivity contribution in [2.45, 2.75) is 6.10 Å². The zero-order valence-electron chi connectivity index (χ0n) is 8.82. The van der Waals surface area contributed by atoms with Gasteiger partial charge in [-0.1, -0.05) is 0 Å². The van der Waals surface area contributed by atoms with Gasteiger partial charge in [-0.3, -0.25) is 4.98 Å². The Morgan fingerprint density at radius 2 is 2.24 bits per heavy atom. The lowest BCUT2D eigenvalue weighted by Gasteiger charge is -2.11. The molecule has 0 radical (unpaired) electrons. The van der Waals surface area contributed by atoms with Crippen LogP contribution in [0.3, 0.4) is 0 Å². The molecule has 3 rings (SSSR count). The molecule has 1 saturated heterocycles. The number of ether oxygens (including phenoxy) is 2. The smallest absolute Gasteiger partial charge is 0.143 e. The SMILES string of the molecule is Brc1cc(Br)c2ncccc2c1OC[C@H]1CO1. The van der Waals surface area contributed by atoms with E-state index in [9.17, 15) is 0 Å². The highest BCUT2D eigenvalue weighted by molar-refractivity contribution is 9.11. The zero-order chi connectivity index (χ0) is 11.8. The molecular formula is C12H9Br2NO2. The van der Waals surface area contributed by atoms with Gasteiger partial charge >= 0.3 is 0 Å². The fourth-order valence-corrected chi connectivity index (χ4v) is 3.05. The maximum atomic E-state index is 5.80. The average Bonchev–Trinajstić information content (AvgIpc) is 3.13. The first-order valence-corrected chi connectivity index (χ1v) is 6.81. The predicted molar refractivity (Wildman–Crippen MR) is 72.4 cm³/mol. The van der Waals surface area contributed by atoms with Crippen LogP contribution in [0.1, 0.15) is 0 Å². The highest BCUT2D eigenvalue weighted by Crippen LogP contribution is 2.37. The van der Waals surface area contributed by atoms with Gasteiger partial charge in [-0.05, 0) is 50.1 Å². The molecule has 2 heterocycles. The molecule has 1 aromatic carbocycles. The largest absolute Gasteiger partial charge is 0.489 e. The summed E-state index contributed by atoms with van der Waals surface area (Å²) < 4.78 is 12.8. The van der Waals surface area contributed by atoms with E-state index in [0.717, 1.165) is 32.2 Å². The van der Waals surface area contributed by atoms with Gasteiger partial charge in [0.1, 0.15) is 18.5 Å². The van der Waals surface area contributed by atoms with Crippen LogP contribution >= 0.6 is 31.9 Å². The minimum absolute atomic E-state index is 0.247. The number of rotatable bonds is 3. The van der Waals surface area contributed by atoms with E-state index in [1.165, 1.54) is 0 Å². The first-order valence-electron chi connectivity index (χ1n) is 5.23. The molecule has 0 saturated carbocycles. The Morgan fingerprint density at radius 3 is 3.00 bits per heavy atom. The second-order valence-corrected chi connectivity index (χ2v) is 5.54. The van der Waals surface area contributed by atoms with Gasteiger partial charge < -0.3 is 9.47 Å². The Labute approximate surface area is 115 Å². The lowest BCUT2D eigenvalue weighted by molar-refractivity contribution is 0.264. The average molecular weight is 359 g/mol. The Morgan fingerprint density at radius 1 is 1.41 bits per heavy atom. The molecule has 17 heavy (non-hydrogen) atoms. The van der Waals surface area contributed by atoms with E-state index in [4.69, 9.17) is 9.47 Å². The molecule has 1 atom stereocenters. The number of pyridine rings is 1. The number of nitrogens with zero attached hydrogens (tertiary/aromatic N) is 1. The summed E-state index contributed by atoms with van der Waals surface area (Å²) in [6, 6.07) is 5.86. The fraction of sp³-hybridized carbons (Fsp3) is 0.250. The Hall–Kier alpha value is -0.650. The number of aromatic nitrogens is 1. The molecule has 1 aliphatic heterocycles. The number of fused-ring (bicyclic) bond motifs is 1. The van der Waals surface area contributed by atoms with Crippen molar-refractivity contribution < 1.29 is 9.47 Å². The van der Waals surface area contributed by atoms with Crippen molar-refractivity contribution in [3.8, 4) is 5.75 Å². The van der Waals surface area contributed by atoms with Crippen molar-refractivity contribution in [2.24, 2.45) is 0 Å². The first-order chi connectivity index (χ1) is 8.25. The van der Waals surface area contributed by atoms with Crippen LogP contribution in [0.2, 0.25) is 0 Å². The maximum Gasteiger partial charge on any atom is 0.143 e. The zero-order valence-corrected chi connectivity index (χ0v) is 12.0. The molecule has 1 fully saturated rings. The van der Waals surface area contributed by atoms with Gasteiger partial charge in [0.15, 0.2) is 0 Å². The van der Waals surface area contributed by atoms with Crippen LogP contribution < -0.4 is 4.74 Å². The normalized spacial score (nSPS) is 18.4. The summed E-state index contributed by atoms with van der Waals surface area (Å²) in [5, 5.41) is 0.995. The van der Waals surface area contributed by atoms with Gasteiger partial charge in [-0.2, -0.15) is 0 Å². The van der Waals surface area contributed by atoms with Crippen molar-refractivity contribution in [1.29, 1.82) is 0 Å². The first kappa shape index (κ1) is 11.4. The van der Waals surface area contributed by atoms with Crippen molar-refractivity contribution in [3.05, 3.63) is 33.3 Å². The van der Waals surface area contributed by atoms with Gasteiger partial charge in [0.2, 0.25) is 0 Å². The van der Waals surface area contributed by atoms with E-state index in [2.05, 4.69) is 36.8 Å². The highest BCUT2D eigenvalue weighted by atomic mass is 79.9. The lowest BCUT2D eigenvalue weighted by Crippen LogP contribution is -2.05. The third-order valence-electron chi connectivity index (χ3n) is 2.56. The number of hydrogen-bond acceptors (Lipinski definition) is 3.